The van der Waals surface area contributed by atoms with Crippen molar-refractivity contribution in [2.75, 3.05) is 7.11 Å². The van der Waals surface area contributed by atoms with Crippen LogP contribution in [0.5, 0.6) is 0 Å². The Kier molecular flexibility index (Phi) is 4.39. The van der Waals surface area contributed by atoms with Crippen LogP contribution in [-0.2, 0) is 11.3 Å². The number of carbonyl (C=O) groups is 1. The van der Waals surface area contributed by atoms with Crippen molar-refractivity contribution in [1.29, 1.82) is 0 Å². The minimum absolute atomic E-state index is 0.179. The third-order valence-electron chi connectivity index (χ3n) is 2.03. The van der Waals surface area contributed by atoms with Gasteiger partial charge in [0, 0.05) is 11.6 Å². The summed E-state index contributed by atoms with van der Waals surface area (Å²) in [6.07, 6.45) is 0. The molecule has 2 heterocycles. The highest BCUT2D eigenvalue weighted by atomic mass is 79.9. The maximum Gasteiger partial charge on any atom is 0.347 e. The van der Waals surface area contributed by atoms with Crippen LogP contribution >= 0.6 is 50.2 Å². The molecule has 2 aromatic rings. The van der Waals surface area contributed by atoms with E-state index >= 15 is 0 Å². The molecule has 0 aliphatic carbocycles. The van der Waals surface area contributed by atoms with Gasteiger partial charge in [-0.2, -0.15) is 0 Å². The van der Waals surface area contributed by atoms with Gasteiger partial charge in [-0.05, 0) is 22.0 Å². The molecule has 0 unspecified atom stereocenters. The molecule has 0 radical (unpaired) electrons. The fourth-order valence-electron chi connectivity index (χ4n) is 1.31. The third kappa shape index (κ3) is 2.75. The van der Waals surface area contributed by atoms with Crippen LogP contribution in [0.25, 0.3) is 9.88 Å². The number of carboxylic acids is 1. The molecular weight excluding hydrogens is 362 g/mol. The van der Waals surface area contributed by atoms with Gasteiger partial charge in [0.25, 0.3) is 0 Å². The number of nitrogens with zero attached hydrogens (tertiary/aromatic N) is 1. The summed E-state index contributed by atoms with van der Waals surface area (Å²) in [5.41, 5.74) is 0.436. The second kappa shape index (κ2) is 5.66. The van der Waals surface area contributed by atoms with E-state index in [-0.39, 0.29) is 11.5 Å². The minimum atomic E-state index is -0.993. The molecule has 4 nitrogen and oxygen atoms in total. The van der Waals surface area contributed by atoms with E-state index in [0.717, 1.165) is 20.7 Å². The first kappa shape index (κ1) is 14.0. The molecule has 18 heavy (non-hydrogen) atoms. The smallest absolute Gasteiger partial charge is 0.347 e. The van der Waals surface area contributed by atoms with Crippen molar-refractivity contribution in [2.45, 2.75) is 6.61 Å². The lowest BCUT2D eigenvalue weighted by Gasteiger charge is -1.94. The number of thiazole rings is 1. The summed E-state index contributed by atoms with van der Waals surface area (Å²) in [6.45, 7) is 0.179. The van der Waals surface area contributed by atoms with Gasteiger partial charge in [0.2, 0.25) is 0 Å². The van der Waals surface area contributed by atoms with Gasteiger partial charge in [-0.25, -0.2) is 9.78 Å². The van der Waals surface area contributed by atoms with Gasteiger partial charge in [-0.3, -0.25) is 0 Å². The summed E-state index contributed by atoms with van der Waals surface area (Å²) in [7, 11) is 1.50. The number of carboxylic acid groups (broad SMARTS) is 1. The largest absolute Gasteiger partial charge is 0.477 e. The zero-order chi connectivity index (χ0) is 13.3. The number of thiophene rings is 1. The van der Waals surface area contributed by atoms with E-state index in [4.69, 9.17) is 21.4 Å². The first-order valence-corrected chi connectivity index (χ1v) is 7.50. The van der Waals surface area contributed by atoms with E-state index in [1.807, 2.05) is 6.07 Å². The Hall–Kier alpha value is -0.470. The molecule has 96 valence electrons. The van der Waals surface area contributed by atoms with Gasteiger partial charge in [-0.15, -0.1) is 22.7 Å². The molecule has 2 rings (SSSR count). The summed E-state index contributed by atoms with van der Waals surface area (Å²) >= 11 is 11.7. The van der Waals surface area contributed by atoms with Gasteiger partial charge in [-0.1, -0.05) is 11.6 Å². The van der Waals surface area contributed by atoms with Crippen LogP contribution in [0.4, 0.5) is 0 Å². The Morgan fingerprint density at radius 1 is 1.61 bits per heavy atom. The van der Waals surface area contributed by atoms with Crippen LogP contribution < -0.4 is 0 Å². The number of aromatic nitrogens is 1. The fraction of sp³-hybridized carbons (Fsp3) is 0.200. The molecule has 2 aromatic heterocycles. The first-order chi connectivity index (χ1) is 8.52. The molecule has 0 aliphatic heterocycles. The molecule has 0 bridgehead atoms. The molecule has 1 N–H and O–H groups in total. The molecule has 0 spiro atoms. The Balaban J connectivity index is 2.45. The van der Waals surface area contributed by atoms with Crippen LogP contribution in [0.1, 0.15) is 15.4 Å². The van der Waals surface area contributed by atoms with Crippen molar-refractivity contribution in [3.63, 3.8) is 0 Å². The Morgan fingerprint density at radius 2 is 2.33 bits per heavy atom. The number of hydrogen-bond donors (Lipinski definition) is 1. The summed E-state index contributed by atoms with van der Waals surface area (Å²) in [5.74, 6) is -0.993. The zero-order valence-corrected chi connectivity index (χ0v) is 13.0. The number of hydrogen-bond acceptors (Lipinski definition) is 5. The van der Waals surface area contributed by atoms with E-state index < -0.39 is 5.97 Å². The average Bonchev–Trinajstić information content (AvgIpc) is 2.85. The van der Waals surface area contributed by atoms with E-state index in [1.54, 1.807) is 0 Å². The monoisotopic (exact) mass is 367 g/mol. The molecule has 0 saturated heterocycles. The van der Waals surface area contributed by atoms with Crippen LogP contribution in [0.2, 0.25) is 4.34 Å². The average molecular weight is 369 g/mol. The van der Waals surface area contributed by atoms with Crippen molar-refractivity contribution in [3.05, 3.63) is 25.4 Å². The minimum Gasteiger partial charge on any atom is -0.477 e. The summed E-state index contributed by atoms with van der Waals surface area (Å²) in [5, 5.41) is 9.73. The SMILES string of the molecule is COCc1nc(-c2cc(Br)c(Cl)s2)sc1C(=O)O. The van der Waals surface area contributed by atoms with Crippen molar-refractivity contribution in [1.82, 2.24) is 4.98 Å². The highest BCUT2D eigenvalue weighted by molar-refractivity contribution is 9.10. The van der Waals surface area contributed by atoms with Crippen LogP contribution in [0, 0.1) is 0 Å². The molecular formula is C10H7BrClNO3S2. The molecule has 0 aromatic carbocycles. The number of aromatic carboxylic acids is 1. The topological polar surface area (TPSA) is 59.4 Å². The highest BCUT2D eigenvalue weighted by Crippen LogP contribution is 2.40. The maximum absolute atomic E-state index is 11.1. The second-order valence-electron chi connectivity index (χ2n) is 3.27. The Labute approximate surface area is 124 Å². The predicted molar refractivity (Wildman–Crippen MR) is 75.8 cm³/mol. The first-order valence-electron chi connectivity index (χ1n) is 4.70. The lowest BCUT2D eigenvalue weighted by Crippen LogP contribution is -1.99. The molecule has 0 aliphatic rings. The number of halogens is 2. The lowest BCUT2D eigenvalue weighted by molar-refractivity contribution is 0.0697. The molecule has 8 heteroatoms. The van der Waals surface area contributed by atoms with Gasteiger partial charge in [0.05, 0.1) is 17.2 Å². The van der Waals surface area contributed by atoms with Crippen LogP contribution in [-0.4, -0.2) is 23.2 Å². The predicted octanol–water partition coefficient (Wildman–Crippen LogP) is 4.13. The van der Waals surface area contributed by atoms with Gasteiger partial charge >= 0.3 is 5.97 Å². The quantitative estimate of drug-likeness (QED) is 0.881. The Bertz CT molecular complexity index is 576. The normalized spacial score (nSPS) is 10.8. The summed E-state index contributed by atoms with van der Waals surface area (Å²) in [6, 6.07) is 1.83. The second-order valence-corrected chi connectivity index (χ2v) is 6.77. The van der Waals surface area contributed by atoms with E-state index in [0.29, 0.717) is 15.0 Å². The van der Waals surface area contributed by atoms with E-state index in [1.165, 1.54) is 18.4 Å². The number of methoxy groups -OCH3 is 1. The zero-order valence-electron chi connectivity index (χ0n) is 9.07. The summed E-state index contributed by atoms with van der Waals surface area (Å²) < 4.78 is 6.34. The van der Waals surface area contributed by atoms with Crippen molar-refractivity contribution >= 4 is 56.2 Å². The molecule has 0 saturated carbocycles. The fourth-order valence-corrected chi connectivity index (χ4v) is 3.97. The third-order valence-corrected chi connectivity index (χ3v) is 5.76. The Morgan fingerprint density at radius 3 is 2.83 bits per heavy atom. The van der Waals surface area contributed by atoms with Crippen molar-refractivity contribution in [3.8, 4) is 9.88 Å². The molecule has 0 amide bonds. The standard InChI is InChI=1S/C10H7BrClNO3S2/c1-16-3-5-7(10(14)15)18-9(13-5)6-2-4(11)8(12)17-6/h2H,3H2,1H3,(H,14,15). The van der Waals surface area contributed by atoms with Gasteiger partial charge in [0.1, 0.15) is 14.2 Å². The number of rotatable bonds is 4. The molecule has 0 fully saturated rings. The highest BCUT2D eigenvalue weighted by Gasteiger charge is 2.19. The van der Waals surface area contributed by atoms with E-state index in [9.17, 15) is 4.79 Å². The van der Waals surface area contributed by atoms with E-state index in [2.05, 4.69) is 20.9 Å². The van der Waals surface area contributed by atoms with Gasteiger partial charge in [0.15, 0.2) is 0 Å². The summed E-state index contributed by atoms with van der Waals surface area (Å²) in [4.78, 5) is 16.4. The van der Waals surface area contributed by atoms with Crippen LogP contribution in [0.3, 0.4) is 0 Å². The molecule has 0 atom stereocenters. The number of ether oxygens (including phenoxy) is 1. The lowest BCUT2D eigenvalue weighted by atomic mass is 10.4. The van der Waals surface area contributed by atoms with Crippen molar-refractivity contribution in [2.24, 2.45) is 0 Å². The van der Waals surface area contributed by atoms with Gasteiger partial charge < -0.3 is 9.84 Å². The van der Waals surface area contributed by atoms with Crippen molar-refractivity contribution < 1.29 is 14.6 Å². The van der Waals surface area contributed by atoms with Crippen LogP contribution in [0.15, 0.2) is 10.5 Å². The maximum atomic E-state index is 11.1.